The molecule has 4 heteroatoms. The van der Waals surface area contributed by atoms with Gasteiger partial charge in [0, 0.05) is 22.5 Å². The van der Waals surface area contributed by atoms with Crippen molar-refractivity contribution in [3.8, 4) is 0 Å². The molecule has 3 aromatic carbocycles. The smallest absolute Gasteiger partial charge is 0.181 e. The topological polar surface area (TPSA) is 58.2 Å². The first-order valence-electron chi connectivity index (χ1n) is 8.47. The monoisotopic (exact) mass is 344 g/mol. The van der Waals surface area contributed by atoms with Crippen LogP contribution in [0, 0.1) is 0 Å². The Balaban J connectivity index is 1.49. The van der Waals surface area contributed by atoms with E-state index in [4.69, 9.17) is 0 Å². The van der Waals surface area contributed by atoms with E-state index in [0.29, 0.717) is 11.1 Å². The fourth-order valence-electron chi connectivity index (χ4n) is 2.52. The zero-order valence-corrected chi connectivity index (χ0v) is 14.3. The van der Waals surface area contributed by atoms with Crippen molar-refractivity contribution in [2.24, 2.45) is 0 Å². The van der Waals surface area contributed by atoms with E-state index in [2.05, 4.69) is 10.6 Å². The Morgan fingerprint density at radius 2 is 0.885 bits per heavy atom. The number of hydrogen-bond acceptors (Lipinski definition) is 4. The summed E-state index contributed by atoms with van der Waals surface area (Å²) in [6, 6.07) is 25.9. The summed E-state index contributed by atoms with van der Waals surface area (Å²) in [6.07, 6.45) is 0. The summed E-state index contributed by atoms with van der Waals surface area (Å²) in [7, 11) is 0. The largest absolute Gasteiger partial charge is 0.378 e. The zero-order valence-electron chi connectivity index (χ0n) is 14.3. The first kappa shape index (κ1) is 17.4. The van der Waals surface area contributed by atoms with Gasteiger partial charge in [0.05, 0.1) is 13.1 Å². The quantitative estimate of drug-likeness (QED) is 0.599. The molecule has 130 valence electrons. The molecule has 0 amide bonds. The summed E-state index contributed by atoms with van der Waals surface area (Å²) in [6.45, 7) is 0.479. The molecule has 3 rings (SSSR count). The average molecular weight is 344 g/mol. The van der Waals surface area contributed by atoms with Crippen molar-refractivity contribution in [3.05, 3.63) is 96.1 Å². The molecule has 0 spiro atoms. The van der Waals surface area contributed by atoms with E-state index in [1.165, 1.54) is 0 Å². The summed E-state index contributed by atoms with van der Waals surface area (Å²) in [5.41, 5.74) is 3.10. The lowest BCUT2D eigenvalue weighted by atomic mass is 10.1. The highest BCUT2D eigenvalue weighted by molar-refractivity contribution is 5.99. The van der Waals surface area contributed by atoms with Gasteiger partial charge in [0.15, 0.2) is 11.6 Å². The third kappa shape index (κ3) is 4.80. The molecule has 3 aromatic rings. The van der Waals surface area contributed by atoms with E-state index in [0.717, 1.165) is 11.4 Å². The molecule has 0 unspecified atom stereocenters. The van der Waals surface area contributed by atoms with Crippen LogP contribution in [0.2, 0.25) is 0 Å². The molecular weight excluding hydrogens is 324 g/mol. The van der Waals surface area contributed by atoms with Crippen LogP contribution in [0.25, 0.3) is 0 Å². The second-order valence-electron chi connectivity index (χ2n) is 5.86. The van der Waals surface area contributed by atoms with Gasteiger partial charge in [-0.25, -0.2) is 0 Å². The van der Waals surface area contributed by atoms with Crippen LogP contribution in [0.3, 0.4) is 0 Å². The number of anilines is 2. The van der Waals surface area contributed by atoms with Crippen LogP contribution in [0.4, 0.5) is 11.4 Å². The Labute approximate surface area is 152 Å². The Morgan fingerprint density at radius 3 is 1.23 bits per heavy atom. The van der Waals surface area contributed by atoms with Crippen molar-refractivity contribution in [3.63, 3.8) is 0 Å². The molecule has 0 saturated heterocycles. The molecule has 0 aliphatic rings. The van der Waals surface area contributed by atoms with Gasteiger partial charge >= 0.3 is 0 Å². The summed E-state index contributed by atoms with van der Waals surface area (Å²) < 4.78 is 0. The average Bonchev–Trinajstić information content (AvgIpc) is 2.72. The molecule has 0 heterocycles. The molecule has 0 fully saturated rings. The van der Waals surface area contributed by atoms with Crippen molar-refractivity contribution in [2.45, 2.75) is 0 Å². The maximum atomic E-state index is 12.1. The lowest BCUT2D eigenvalue weighted by Gasteiger charge is -2.09. The minimum absolute atomic E-state index is 0.0428. The second-order valence-corrected chi connectivity index (χ2v) is 5.86. The van der Waals surface area contributed by atoms with Gasteiger partial charge in [-0.2, -0.15) is 0 Å². The van der Waals surface area contributed by atoms with Gasteiger partial charge in [-0.1, -0.05) is 60.7 Å². The van der Waals surface area contributed by atoms with Crippen LogP contribution in [0.5, 0.6) is 0 Å². The third-order valence-electron chi connectivity index (χ3n) is 3.98. The number of rotatable bonds is 8. The van der Waals surface area contributed by atoms with Gasteiger partial charge < -0.3 is 10.6 Å². The number of carbonyl (C=O) groups excluding carboxylic acids is 2. The Bertz CT molecular complexity index is 785. The van der Waals surface area contributed by atoms with E-state index in [9.17, 15) is 9.59 Å². The summed E-state index contributed by atoms with van der Waals surface area (Å²) in [5.74, 6) is 0.0857. The van der Waals surface area contributed by atoms with Crippen molar-refractivity contribution < 1.29 is 9.59 Å². The highest BCUT2D eigenvalue weighted by atomic mass is 16.1. The molecule has 2 N–H and O–H groups in total. The molecule has 0 saturated carbocycles. The first-order valence-corrected chi connectivity index (χ1v) is 8.47. The first-order chi connectivity index (χ1) is 12.7. The number of ketones is 2. The van der Waals surface area contributed by atoms with Gasteiger partial charge in [-0.3, -0.25) is 9.59 Å². The lowest BCUT2D eigenvalue weighted by Crippen LogP contribution is -2.15. The number of carbonyl (C=O) groups is 2. The minimum atomic E-state index is 0.0428. The predicted octanol–water partition coefficient (Wildman–Crippen LogP) is 4.28. The molecule has 0 aromatic heterocycles. The Hall–Kier alpha value is -3.40. The summed E-state index contributed by atoms with van der Waals surface area (Å²) in [5, 5.41) is 6.23. The fraction of sp³-hybridized carbons (Fsp3) is 0.0909. The molecule has 0 bridgehead atoms. The van der Waals surface area contributed by atoms with E-state index >= 15 is 0 Å². The van der Waals surface area contributed by atoms with Gasteiger partial charge in [0.25, 0.3) is 0 Å². The minimum Gasteiger partial charge on any atom is -0.378 e. The van der Waals surface area contributed by atoms with Crippen molar-refractivity contribution in [1.29, 1.82) is 0 Å². The Morgan fingerprint density at radius 1 is 0.538 bits per heavy atom. The zero-order chi connectivity index (χ0) is 18.2. The van der Waals surface area contributed by atoms with E-state index in [1.807, 2.05) is 60.7 Å². The van der Waals surface area contributed by atoms with Gasteiger partial charge in [-0.15, -0.1) is 0 Å². The molecule has 0 atom stereocenters. The van der Waals surface area contributed by atoms with Crippen molar-refractivity contribution >= 4 is 22.9 Å². The number of hydrogen-bond donors (Lipinski definition) is 2. The van der Waals surface area contributed by atoms with E-state index in [-0.39, 0.29) is 24.7 Å². The lowest BCUT2D eigenvalue weighted by molar-refractivity contribution is 0.0998. The number of Topliss-reactive ketones (excluding diaryl/α,β-unsaturated/α-hetero) is 2. The summed E-state index contributed by atoms with van der Waals surface area (Å²) in [4.78, 5) is 24.2. The normalized spacial score (nSPS) is 10.2. The third-order valence-corrected chi connectivity index (χ3v) is 3.98. The summed E-state index contributed by atoms with van der Waals surface area (Å²) >= 11 is 0. The molecule has 4 nitrogen and oxygen atoms in total. The second kappa shape index (κ2) is 8.62. The van der Waals surface area contributed by atoms with Crippen LogP contribution in [0.15, 0.2) is 84.9 Å². The SMILES string of the molecule is O=C(CNc1ccc(NCC(=O)c2ccccc2)cc1)c1ccccc1. The standard InChI is InChI=1S/C22H20N2O2/c25-21(17-7-3-1-4-8-17)15-23-19-11-13-20(14-12-19)24-16-22(26)18-9-5-2-6-10-18/h1-14,23-24H,15-16H2. The Kier molecular flexibility index (Phi) is 5.78. The molecule has 0 radical (unpaired) electrons. The van der Waals surface area contributed by atoms with Crippen LogP contribution in [-0.2, 0) is 0 Å². The van der Waals surface area contributed by atoms with Crippen LogP contribution < -0.4 is 10.6 Å². The maximum Gasteiger partial charge on any atom is 0.181 e. The van der Waals surface area contributed by atoms with Crippen LogP contribution >= 0.6 is 0 Å². The highest BCUT2D eigenvalue weighted by Crippen LogP contribution is 2.14. The number of nitrogens with one attached hydrogen (secondary N) is 2. The van der Waals surface area contributed by atoms with Crippen LogP contribution in [-0.4, -0.2) is 24.7 Å². The van der Waals surface area contributed by atoms with Crippen molar-refractivity contribution in [1.82, 2.24) is 0 Å². The highest BCUT2D eigenvalue weighted by Gasteiger charge is 2.06. The fourth-order valence-corrected chi connectivity index (χ4v) is 2.52. The molecular formula is C22H20N2O2. The molecule has 0 aliphatic carbocycles. The van der Waals surface area contributed by atoms with Gasteiger partial charge in [0.1, 0.15) is 0 Å². The maximum absolute atomic E-state index is 12.1. The van der Waals surface area contributed by atoms with E-state index in [1.54, 1.807) is 24.3 Å². The number of benzene rings is 3. The van der Waals surface area contributed by atoms with Gasteiger partial charge in [-0.05, 0) is 24.3 Å². The van der Waals surface area contributed by atoms with Crippen LogP contribution in [0.1, 0.15) is 20.7 Å². The molecule has 26 heavy (non-hydrogen) atoms. The van der Waals surface area contributed by atoms with Crippen molar-refractivity contribution in [2.75, 3.05) is 23.7 Å². The predicted molar refractivity (Wildman–Crippen MR) is 105 cm³/mol. The van der Waals surface area contributed by atoms with E-state index < -0.39 is 0 Å². The molecule has 0 aliphatic heterocycles. The van der Waals surface area contributed by atoms with Gasteiger partial charge in [0.2, 0.25) is 0 Å².